The normalized spacial score (nSPS) is 27.2. The molecule has 1 atom stereocenters. The third kappa shape index (κ3) is 4.12. The van der Waals surface area contributed by atoms with Crippen LogP contribution in [0.1, 0.15) is 46.0 Å². The van der Waals surface area contributed by atoms with Gasteiger partial charge >= 0.3 is 0 Å². The van der Waals surface area contributed by atoms with E-state index in [0.717, 1.165) is 0 Å². The molecule has 1 heterocycles. The highest BCUT2D eigenvalue weighted by Gasteiger charge is 2.30. The molecule has 1 aliphatic rings. The van der Waals surface area contributed by atoms with Gasteiger partial charge in [0, 0.05) is 13.1 Å². The van der Waals surface area contributed by atoms with Gasteiger partial charge in [-0.3, -0.25) is 0 Å². The zero-order valence-corrected chi connectivity index (χ0v) is 10.8. The van der Waals surface area contributed by atoms with Gasteiger partial charge in [0.15, 0.2) is 0 Å². The lowest BCUT2D eigenvalue weighted by Gasteiger charge is -2.40. The van der Waals surface area contributed by atoms with Crippen LogP contribution in [0.5, 0.6) is 0 Å². The first-order valence-corrected chi connectivity index (χ1v) is 6.62. The van der Waals surface area contributed by atoms with Crippen LogP contribution in [-0.2, 0) is 0 Å². The second-order valence-corrected chi connectivity index (χ2v) is 5.23. The average molecular weight is 212 g/mol. The number of nitrogens with one attached hydrogen (secondary N) is 1. The van der Waals surface area contributed by atoms with Crippen molar-refractivity contribution in [2.24, 2.45) is 5.41 Å². The molecule has 1 N–H and O–H groups in total. The van der Waals surface area contributed by atoms with Gasteiger partial charge in [0.05, 0.1) is 0 Å². The molecule has 0 saturated carbocycles. The summed E-state index contributed by atoms with van der Waals surface area (Å²) in [4.78, 5) is 2.53. The van der Waals surface area contributed by atoms with Crippen molar-refractivity contribution in [3.8, 4) is 0 Å². The van der Waals surface area contributed by atoms with E-state index < -0.39 is 0 Å². The van der Waals surface area contributed by atoms with Gasteiger partial charge in [-0.25, -0.2) is 0 Å². The SMILES string of the molecule is CCCCN(C)CC1(CC)CCCNC1. The van der Waals surface area contributed by atoms with Gasteiger partial charge in [-0.15, -0.1) is 0 Å². The van der Waals surface area contributed by atoms with Crippen molar-refractivity contribution >= 4 is 0 Å². The van der Waals surface area contributed by atoms with E-state index in [2.05, 4.69) is 31.1 Å². The third-order valence-corrected chi connectivity index (χ3v) is 3.81. The molecule has 15 heavy (non-hydrogen) atoms. The van der Waals surface area contributed by atoms with E-state index in [9.17, 15) is 0 Å². The number of unbranched alkanes of at least 4 members (excludes halogenated alkanes) is 1. The van der Waals surface area contributed by atoms with Crippen LogP contribution in [-0.4, -0.2) is 38.1 Å². The van der Waals surface area contributed by atoms with Crippen molar-refractivity contribution in [2.75, 3.05) is 33.2 Å². The summed E-state index contributed by atoms with van der Waals surface area (Å²) in [6.07, 6.45) is 6.73. The zero-order chi connectivity index (χ0) is 11.1. The maximum absolute atomic E-state index is 3.56. The standard InChI is InChI=1S/C13H28N2/c1-4-6-10-15(3)12-13(5-2)8-7-9-14-11-13/h14H,4-12H2,1-3H3. The van der Waals surface area contributed by atoms with Crippen molar-refractivity contribution in [3.63, 3.8) is 0 Å². The molecule has 1 saturated heterocycles. The first kappa shape index (κ1) is 13.0. The lowest BCUT2D eigenvalue weighted by molar-refractivity contribution is 0.127. The zero-order valence-electron chi connectivity index (χ0n) is 10.8. The molecule has 1 aliphatic heterocycles. The van der Waals surface area contributed by atoms with Crippen LogP contribution in [0.3, 0.4) is 0 Å². The van der Waals surface area contributed by atoms with Crippen LogP contribution < -0.4 is 5.32 Å². The number of piperidine rings is 1. The molecule has 1 unspecified atom stereocenters. The monoisotopic (exact) mass is 212 g/mol. The van der Waals surface area contributed by atoms with Gasteiger partial charge in [-0.05, 0) is 51.2 Å². The molecule has 90 valence electrons. The lowest BCUT2D eigenvalue weighted by atomic mass is 9.78. The highest BCUT2D eigenvalue weighted by molar-refractivity contribution is 4.86. The number of hydrogen-bond donors (Lipinski definition) is 1. The summed E-state index contributed by atoms with van der Waals surface area (Å²) < 4.78 is 0. The Morgan fingerprint density at radius 3 is 2.67 bits per heavy atom. The Hall–Kier alpha value is -0.0800. The topological polar surface area (TPSA) is 15.3 Å². The first-order valence-electron chi connectivity index (χ1n) is 6.62. The maximum Gasteiger partial charge on any atom is 0.00470 e. The number of rotatable bonds is 6. The lowest BCUT2D eigenvalue weighted by Crippen LogP contribution is -2.46. The summed E-state index contributed by atoms with van der Waals surface area (Å²) in [7, 11) is 2.28. The molecular weight excluding hydrogens is 184 g/mol. The van der Waals surface area contributed by atoms with Gasteiger partial charge in [-0.2, -0.15) is 0 Å². The van der Waals surface area contributed by atoms with Gasteiger partial charge in [0.25, 0.3) is 0 Å². The Labute approximate surface area is 95.4 Å². The Balaban J connectivity index is 2.37. The minimum Gasteiger partial charge on any atom is -0.316 e. The van der Waals surface area contributed by atoms with E-state index in [1.54, 1.807) is 0 Å². The molecule has 0 aromatic carbocycles. The Bertz CT molecular complexity index is 162. The summed E-state index contributed by atoms with van der Waals surface area (Å²) in [5, 5.41) is 3.56. The van der Waals surface area contributed by atoms with Crippen molar-refractivity contribution in [1.82, 2.24) is 10.2 Å². The fourth-order valence-corrected chi connectivity index (χ4v) is 2.66. The predicted octanol–water partition coefficient (Wildman–Crippen LogP) is 2.50. The van der Waals surface area contributed by atoms with Crippen LogP contribution in [0.25, 0.3) is 0 Å². The summed E-state index contributed by atoms with van der Waals surface area (Å²) in [6.45, 7) is 9.60. The largest absolute Gasteiger partial charge is 0.316 e. The summed E-state index contributed by atoms with van der Waals surface area (Å²) in [5.74, 6) is 0. The van der Waals surface area contributed by atoms with E-state index in [4.69, 9.17) is 0 Å². The second-order valence-electron chi connectivity index (χ2n) is 5.23. The van der Waals surface area contributed by atoms with E-state index in [1.165, 1.54) is 58.3 Å². The molecule has 2 heteroatoms. The van der Waals surface area contributed by atoms with Crippen LogP contribution in [0.2, 0.25) is 0 Å². The molecule has 0 radical (unpaired) electrons. The molecule has 1 fully saturated rings. The van der Waals surface area contributed by atoms with E-state index in [0.29, 0.717) is 5.41 Å². The fraction of sp³-hybridized carbons (Fsp3) is 1.00. The summed E-state index contributed by atoms with van der Waals surface area (Å²) in [5.41, 5.74) is 0.556. The molecule has 0 aromatic rings. The first-order chi connectivity index (χ1) is 7.22. The fourth-order valence-electron chi connectivity index (χ4n) is 2.66. The van der Waals surface area contributed by atoms with Crippen LogP contribution in [0.15, 0.2) is 0 Å². The Morgan fingerprint density at radius 1 is 1.33 bits per heavy atom. The molecule has 2 nitrogen and oxygen atoms in total. The molecule has 1 rings (SSSR count). The highest BCUT2D eigenvalue weighted by Crippen LogP contribution is 2.30. The second kappa shape index (κ2) is 6.49. The van der Waals surface area contributed by atoms with Crippen molar-refractivity contribution < 1.29 is 0 Å². The third-order valence-electron chi connectivity index (χ3n) is 3.81. The average Bonchev–Trinajstić information content (AvgIpc) is 2.27. The maximum atomic E-state index is 3.56. The van der Waals surface area contributed by atoms with Crippen molar-refractivity contribution in [3.05, 3.63) is 0 Å². The smallest absolute Gasteiger partial charge is 0.00470 e. The van der Waals surface area contributed by atoms with Crippen LogP contribution >= 0.6 is 0 Å². The minimum atomic E-state index is 0.556. The summed E-state index contributed by atoms with van der Waals surface area (Å²) in [6, 6.07) is 0. The summed E-state index contributed by atoms with van der Waals surface area (Å²) >= 11 is 0. The van der Waals surface area contributed by atoms with E-state index in [1.807, 2.05) is 0 Å². The quantitative estimate of drug-likeness (QED) is 0.728. The predicted molar refractivity (Wildman–Crippen MR) is 67.2 cm³/mol. The Morgan fingerprint density at radius 2 is 2.13 bits per heavy atom. The van der Waals surface area contributed by atoms with E-state index in [-0.39, 0.29) is 0 Å². The molecule has 0 aromatic heterocycles. The van der Waals surface area contributed by atoms with E-state index >= 15 is 0 Å². The van der Waals surface area contributed by atoms with Crippen molar-refractivity contribution in [1.29, 1.82) is 0 Å². The molecule has 0 spiro atoms. The molecule has 0 amide bonds. The minimum absolute atomic E-state index is 0.556. The van der Waals surface area contributed by atoms with Gasteiger partial charge in [0.2, 0.25) is 0 Å². The van der Waals surface area contributed by atoms with Gasteiger partial charge < -0.3 is 10.2 Å². The molecule has 0 aliphatic carbocycles. The number of hydrogen-bond acceptors (Lipinski definition) is 2. The molecular formula is C13H28N2. The van der Waals surface area contributed by atoms with Crippen LogP contribution in [0, 0.1) is 5.41 Å². The van der Waals surface area contributed by atoms with Gasteiger partial charge in [-0.1, -0.05) is 20.3 Å². The Kier molecular flexibility index (Phi) is 5.62. The van der Waals surface area contributed by atoms with Crippen molar-refractivity contribution in [2.45, 2.75) is 46.0 Å². The van der Waals surface area contributed by atoms with Gasteiger partial charge in [0.1, 0.15) is 0 Å². The molecule has 0 bridgehead atoms. The number of nitrogens with zero attached hydrogens (tertiary/aromatic N) is 1. The van der Waals surface area contributed by atoms with Crippen LogP contribution in [0.4, 0.5) is 0 Å². The highest BCUT2D eigenvalue weighted by atomic mass is 15.1.